The molecule has 1 aromatic carbocycles. The molecule has 2 saturated heterocycles. The average Bonchev–Trinajstić information content (AvgIpc) is 3.51. The van der Waals surface area contributed by atoms with Crippen LogP contribution in [0.1, 0.15) is 61.4 Å². The van der Waals surface area contributed by atoms with Gasteiger partial charge in [-0.15, -0.1) is 0 Å². The molecule has 0 spiro atoms. The second kappa shape index (κ2) is 17.4. The van der Waals surface area contributed by atoms with Crippen molar-refractivity contribution in [2.24, 2.45) is 10.7 Å². The van der Waals surface area contributed by atoms with Crippen LogP contribution in [0, 0.1) is 0 Å². The Hall–Kier alpha value is -3.08. The summed E-state index contributed by atoms with van der Waals surface area (Å²) in [7, 11) is 2.17. The molecule has 1 aromatic heterocycles. The second-order valence-corrected chi connectivity index (χ2v) is 11.8. The van der Waals surface area contributed by atoms with E-state index in [4.69, 9.17) is 20.4 Å². The summed E-state index contributed by atoms with van der Waals surface area (Å²) in [5.74, 6) is 2.59. The number of amidine groups is 1. The summed E-state index contributed by atoms with van der Waals surface area (Å²) in [5, 5.41) is 3.44. The lowest BCUT2D eigenvalue weighted by Gasteiger charge is -2.34. The van der Waals surface area contributed by atoms with E-state index in [-0.39, 0.29) is 24.5 Å². The van der Waals surface area contributed by atoms with Gasteiger partial charge in [0.1, 0.15) is 11.7 Å². The topological polar surface area (TPSA) is 127 Å². The number of rotatable bonds is 3. The third-order valence-corrected chi connectivity index (χ3v) is 7.98. The number of aliphatic imine (C=N–C) groups is 1. The van der Waals surface area contributed by atoms with Crippen LogP contribution in [0.3, 0.4) is 0 Å². The van der Waals surface area contributed by atoms with Gasteiger partial charge in [0.05, 0.1) is 12.7 Å². The van der Waals surface area contributed by atoms with Crippen molar-refractivity contribution in [2.75, 3.05) is 67.5 Å². The van der Waals surface area contributed by atoms with Gasteiger partial charge in [-0.05, 0) is 57.5 Å². The molecule has 4 aliphatic heterocycles. The van der Waals surface area contributed by atoms with Crippen molar-refractivity contribution in [2.45, 2.75) is 71.9 Å². The highest BCUT2D eigenvalue weighted by molar-refractivity contribution is 7.97. The van der Waals surface area contributed by atoms with Crippen LogP contribution < -0.4 is 20.9 Å². The van der Waals surface area contributed by atoms with Gasteiger partial charge >= 0.3 is 0 Å². The number of aromatic nitrogens is 2. The number of nitrogens with zero attached hydrogens (tertiary/aromatic N) is 6. The molecule has 1 unspecified atom stereocenters. The van der Waals surface area contributed by atoms with E-state index >= 15 is 0 Å². The quantitative estimate of drug-likeness (QED) is 0.428. The number of hydrogen-bond acceptors (Lipinski definition) is 10. The summed E-state index contributed by atoms with van der Waals surface area (Å²) in [6, 6.07) is 8.64. The molecule has 5 heterocycles. The molecular formula is C33H56N8O2S. The summed E-state index contributed by atoms with van der Waals surface area (Å²) >= 11 is 1.75. The number of nitrogens with one attached hydrogen (secondary N) is 1. The second-order valence-electron chi connectivity index (χ2n) is 11.0. The molecule has 5 N–H and O–H groups in total. The van der Waals surface area contributed by atoms with Crippen LogP contribution >= 0.6 is 11.8 Å². The summed E-state index contributed by atoms with van der Waals surface area (Å²) in [4.78, 5) is 21.3. The fourth-order valence-corrected chi connectivity index (χ4v) is 5.74. The van der Waals surface area contributed by atoms with Gasteiger partial charge in [0.15, 0.2) is 5.82 Å². The molecule has 3 atom stereocenters. The molecule has 0 amide bonds. The minimum absolute atomic E-state index is 0. The maximum Gasteiger partial charge on any atom is 0.229 e. The summed E-state index contributed by atoms with van der Waals surface area (Å²) in [6.07, 6.45) is 10.1. The third-order valence-electron chi connectivity index (χ3n) is 7.98. The Morgan fingerprint density at radius 3 is 2.43 bits per heavy atom. The van der Waals surface area contributed by atoms with Crippen LogP contribution in [0.15, 0.2) is 53.1 Å². The van der Waals surface area contributed by atoms with E-state index in [1.54, 1.807) is 11.8 Å². The van der Waals surface area contributed by atoms with Crippen molar-refractivity contribution in [3.05, 3.63) is 53.7 Å². The predicted octanol–water partition coefficient (Wildman–Crippen LogP) is 5.44. The fourth-order valence-electron chi connectivity index (χ4n) is 5.74. The van der Waals surface area contributed by atoms with E-state index < -0.39 is 0 Å². The number of piperazine rings is 1. The molecular weight excluding hydrogens is 572 g/mol. The van der Waals surface area contributed by atoms with Crippen molar-refractivity contribution in [1.29, 1.82) is 0 Å². The number of fused-ring (bicyclic) bond motifs is 3. The van der Waals surface area contributed by atoms with Crippen molar-refractivity contribution in [3.63, 3.8) is 0 Å². The van der Waals surface area contributed by atoms with E-state index in [0.29, 0.717) is 18.4 Å². The Labute approximate surface area is 270 Å². The first-order chi connectivity index (χ1) is 20.8. The number of nitrogens with two attached hydrogens (primary N) is 1. The lowest BCUT2D eigenvalue weighted by molar-refractivity contribution is 0.0451. The van der Waals surface area contributed by atoms with E-state index in [1.807, 2.05) is 52.5 Å². The highest BCUT2D eigenvalue weighted by Gasteiger charge is 2.52. The van der Waals surface area contributed by atoms with Crippen molar-refractivity contribution in [3.8, 4) is 0 Å². The van der Waals surface area contributed by atoms with Crippen molar-refractivity contribution in [1.82, 2.24) is 14.9 Å². The lowest BCUT2D eigenvalue weighted by atomic mass is 9.78. The summed E-state index contributed by atoms with van der Waals surface area (Å²) < 4.78 is 6.21. The molecule has 44 heavy (non-hydrogen) atoms. The standard InChI is InChI=1S/C27H34N8O.C2H6S.2C2H6.H2O.H2/c1-18-7-8-22-27(2,17-36-18)21-16-29-26(32-25(21)35(22)24-10-9-23(28)31-24)30-19-5-4-6-20(15-19)34-13-11-33(3)12-14-34;1-3-2;2*1-2;;/h4-6,10,15-16,18,22H,7-8,11-14,17,28H2,1-3H3,(H,29,30,32);1-2H3;2*1-2H3;1H2;1H/t18?,22-,27-;;;;;/m1...../s1. The zero-order valence-electron chi connectivity index (χ0n) is 28.1. The molecule has 6 rings (SSSR count). The van der Waals surface area contributed by atoms with Gasteiger partial charge < -0.3 is 36.0 Å². The predicted molar refractivity (Wildman–Crippen MR) is 191 cm³/mol. The van der Waals surface area contributed by atoms with Crippen LogP contribution in [-0.4, -0.2) is 90.7 Å². The van der Waals surface area contributed by atoms with Gasteiger partial charge in [0.25, 0.3) is 0 Å². The Bertz CT molecular complexity index is 1300. The number of anilines is 4. The SMILES string of the molecule is CC.CC.CC1CC[C@H]2N(C3=NC(N)=C=C3)c3nc(Nc4cccc(N5CCN(C)CC5)c4)ncc3[C@@]2(C)CO1.CSC.O.[HH]. The number of thioether (sulfide) groups is 1. The van der Waals surface area contributed by atoms with Gasteiger partial charge in [-0.3, -0.25) is 0 Å². The fraction of sp³-hybridized carbons (Fsp3) is 0.576. The van der Waals surface area contributed by atoms with E-state index in [0.717, 1.165) is 61.9 Å². The molecule has 11 heteroatoms. The molecule has 10 nitrogen and oxygen atoms in total. The largest absolute Gasteiger partial charge is 0.412 e. The van der Waals surface area contributed by atoms with Crippen LogP contribution in [0.25, 0.3) is 0 Å². The Balaban J connectivity index is 0.00000105. The van der Waals surface area contributed by atoms with E-state index in [9.17, 15) is 0 Å². The first kappa shape index (κ1) is 37.1. The zero-order chi connectivity index (χ0) is 31.6. The lowest BCUT2D eigenvalue weighted by Crippen LogP contribution is -2.46. The first-order valence-corrected chi connectivity index (χ1v) is 17.3. The van der Waals surface area contributed by atoms with Crippen LogP contribution in [0.5, 0.6) is 0 Å². The minimum Gasteiger partial charge on any atom is -0.412 e. The monoisotopic (exact) mass is 628 g/mol. The Morgan fingerprint density at radius 1 is 1.11 bits per heavy atom. The number of benzene rings is 1. The molecule has 2 fully saturated rings. The average molecular weight is 629 g/mol. The maximum atomic E-state index is 6.21. The van der Waals surface area contributed by atoms with E-state index in [2.05, 4.69) is 75.9 Å². The van der Waals surface area contributed by atoms with Crippen molar-refractivity contribution >= 4 is 40.7 Å². The minimum atomic E-state index is -0.242. The van der Waals surface area contributed by atoms with Gasteiger partial charge in [0, 0.05) is 68.3 Å². The molecule has 0 bridgehead atoms. The van der Waals surface area contributed by atoms with Crippen molar-refractivity contribution < 1.29 is 11.6 Å². The van der Waals surface area contributed by atoms with Gasteiger partial charge in [-0.25, -0.2) is 9.98 Å². The molecule has 0 radical (unpaired) electrons. The van der Waals surface area contributed by atoms with E-state index in [1.165, 1.54) is 5.69 Å². The molecule has 0 aliphatic carbocycles. The first-order valence-electron chi connectivity index (χ1n) is 15.6. The van der Waals surface area contributed by atoms with Gasteiger partial charge in [0.2, 0.25) is 5.95 Å². The molecule has 2 aromatic rings. The summed E-state index contributed by atoms with van der Waals surface area (Å²) in [6.45, 7) is 17.2. The highest BCUT2D eigenvalue weighted by Crippen LogP contribution is 2.48. The number of hydrogen-bond donors (Lipinski definition) is 2. The van der Waals surface area contributed by atoms with Crippen LogP contribution in [0.4, 0.5) is 23.1 Å². The zero-order valence-corrected chi connectivity index (χ0v) is 29.0. The number of ether oxygens (including phenoxy) is 1. The number of likely N-dealkylation sites (N-methyl/N-ethyl adjacent to an activating group) is 1. The molecule has 4 aliphatic rings. The van der Waals surface area contributed by atoms with Gasteiger partial charge in [-0.1, -0.05) is 46.4 Å². The van der Waals surface area contributed by atoms with Crippen LogP contribution in [0.2, 0.25) is 0 Å². The van der Waals surface area contributed by atoms with Crippen LogP contribution in [-0.2, 0) is 10.2 Å². The Morgan fingerprint density at radius 2 is 1.80 bits per heavy atom. The molecule has 0 saturated carbocycles. The maximum absolute atomic E-state index is 6.21. The molecule has 246 valence electrons. The van der Waals surface area contributed by atoms with Gasteiger partial charge in [-0.2, -0.15) is 16.7 Å². The third kappa shape index (κ3) is 8.34. The Kier molecular flexibility index (Phi) is 14.7. The highest BCUT2D eigenvalue weighted by atomic mass is 32.2. The normalized spacial score (nSPS) is 23.5. The smallest absolute Gasteiger partial charge is 0.229 e. The summed E-state index contributed by atoms with van der Waals surface area (Å²) in [5.41, 5.74) is 12.0.